The summed E-state index contributed by atoms with van der Waals surface area (Å²) in [4.78, 5) is 11.3. The first-order chi connectivity index (χ1) is 15.9. The summed E-state index contributed by atoms with van der Waals surface area (Å²) in [6.45, 7) is 3.89. The Labute approximate surface area is 191 Å². The van der Waals surface area contributed by atoms with E-state index in [2.05, 4.69) is 30.1 Å². The molecule has 2 aromatic heterocycles. The maximum atomic E-state index is 12.7. The highest BCUT2D eigenvalue weighted by molar-refractivity contribution is 7.91. The zero-order valence-corrected chi connectivity index (χ0v) is 19.0. The molecule has 170 valence electrons. The molecule has 0 aliphatic carbocycles. The zero-order chi connectivity index (χ0) is 22.8. The average Bonchev–Trinajstić information content (AvgIpc) is 3.45. The number of fused-ring (bicyclic) bond motifs is 1. The number of rotatable bonds is 7. The van der Waals surface area contributed by atoms with E-state index in [9.17, 15) is 8.42 Å². The molecule has 2 aromatic carbocycles. The van der Waals surface area contributed by atoms with Crippen LogP contribution >= 0.6 is 0 Å². The summed E-state index contributed by atoms with van der Waals surface area (Å²) < 4.78 is 33.1. The summed E-state index contributed by atoms with van der Waals surface area (Å²) in [5, 5.41) is 7.87. The Hall–Kier alpha value is -3.66. The first-order valence-corrected chi connectivity index (χ1v) is 12.4. The summed E-state index contributed by atoms with van der Waals surface area (Å²) in [6.07, 6.45) is 2.35. The molecule has 1 saturated heterocycles. The maximum absolute atomic E-state index is 12.7. The number of sulfonamides is 1. The van der Waals surface area contributed by atoms with E-state index in [1.807, 2.05) is 25.1 Å². The quantitative estimate of drug-likeness (QED) is 0.418. The van der Waals surface area contributed by atoms with E-state index in [1.54, 1.807) is 36.4 Å². The van der Waals surface area contributed by atoms with Gasteiger partial charge >= 0.3 is 0 Å². The van der Waals surface area contributed by atoms with E-state index in [4.69, 9.17) is 4.52 Å². The lowest BCUT2D eigenvalue weighted by atomic mass is 10.2. The van der Waals surface area contributed by atoms with Crippen LogP contribution in [0, 0.1) is 6.92 Å². The van der Waals surface area contributed by atoms with Gasteiger partial charge in [-0.05, 0) is 56.2 Å². The molecule has 2 N–H and O–H groups in total. The molecule has 10 heteroatoms. The van der Waals surface area contributed by atoms with Crippen molar-refractivity contribution in [1.82, 2.24) is 15.1 Å². The van der Waals surface area contributed by atoms with Gasteiger partial charge in [-0.25, -0.2) is 18.4 Å². The van der Waals surface area contributed by atoms with E-state index in [0.29, 0.717) is 34.0 Å². The lowest BCUT2D eigenvalue weighted by molar-refractivity contribution is 0.448. The molecule has 0 unspecified atom stereocenters. The van der Waals surface area contributed by atoms with Crippen molar-refractivity contribution in [3.63, 3.8) is 0 Å². The van der Waals surface area contributed by atoms with Gasteiger partial charge in [0.25, 0.3) is 0 Å². The number of hydrogen-bond donors (Lipinski definition) is 2. The number of hydrogen-bond acceptors (Lipinski definition) is 8. The third kappa shape index (κ3) is 4.90. The summed E-state index contributed by atoms with van der Waals surface area (Å²) in [7, 11) is -3.66. The second-order valence-corrected chi connectivity index (χ2v) is 9.76. The molecule has 0 bridgehead atoms. The molecule has 4 aromatic rings. The highest BCUT2D eigenvalue weighted by Crippen LogP contribution is 2.25. The van der Waals surface area contributed by atoms with Crippen LogP contribution in [0.25, 0.3) is 11.0 Å². The number of nitrogens with one attached hydrogen (secondary N) is 2. The topological polar surface area (TPSA) is 113 Å². The Morgan fingerprint density at radius 2 is 1.73 bits per heavy atom. The van der Waals surface area contributed by atoms with Crippen LogP contribution in [0.3, 0.4) is 0 Å². The van der Waals surface area contributed by atoms with E-state index < -0.39 is 10.0 Å². The number of anilines is 4. The van der Waals surface area contributed by atoms with Crippen molar-refractivity contribution < 1.29 is 12.9 Å². The van der Waals surface area contributed by atoms with E-state index in [1.165, 1.54) is 12.8 Å². The Morgan fingerprint density at radius 3 is 2.52 bits per heavy atom. The van der Waals surface area contributed by atoms with Gasteiger partial charge in [0.1, 0.15) is 28.9 Å². The molecule has 5 rings (SSSR count). The van der Waals surface area contributed by atoms with Crippen molar-refractivity contribution in [1.29, 1.82) is 0 Å². The summed E-state index contributed by atoms with van der Waals surface area (Å²) in [5.41, 5.74) is 2.20. The predicted octanol–water partition coefficient (Wildman–Crippen LogP) is 4.21. The molecule has 0 radical (unpaired) electrons. The fourth-order valence-corrected chi connectivity index (χ4v) is 5.07. The second kappa shape index (κ2) is 8.70. The van der Waals surface area contributed by atoms with Gasteiger partial charge in [0.2, 0.25) is 10.0 Å². The molecule has 1 fully saturated rings. The highest BCUT2D eigenvalue weighted by Gasteiger charge is 2.18. The Kier molecular flexibility index (Phi) is 5.59. The molecular formula is C23H24N6O3S. The van der Waals surface area contributed by atoms with E-state index in [0.717, 1.165) is 24.6 Å². The fourth-order valence-electron chi connectivity index (χ4n) is 3.93. The van der Waals surface area contributed by atoms with Gasteiger partial charge in [0.15, 0.2) is 5.58 Å². The van der Waals surface area contributed by atoms with Crippen LogP contribution < -0.4 is 14.9 Å². The molecule has 0 atom stereocenters. The van der Waals surface area contributed by atoms with Crippen LogP contribution in [0.15, 0.2) is 59.1 Å². The van der Waals surface area contributed by atoms with Gasteiger partial charge in [-0.1, -0.05) is 17.3 Å². The number of aromatic nitrogens is 3. The van der Waals surface area contributed by atoms with Crippen molar-refractivity contribution in [3.8, 4) is 0 Å². The van der Waals surface area contributed by atoms with Gasteiger partial charge in [0.05, 0.1) is 0 Å². The molecule has 3 heterocycles. The standard InChI is InChI=1S/C23H24N6O3S/c1-16-24-22(14-23(25-16)29-12-4-5-13-29)26-17-8-10-18(11-9-17)28-33(30,31)15-20-19-6-2-3-7-21(19)32-27-20/h2-3,6-11,14,28H,4-5,12-13,15H2,1H3,(H,24,25,26). The molecule has 33 heavy (non-hydrogen) atoms. The van der Waals surface area contributed by atoms with Gasteiger partial charge in [0, 0.05) is 35.9 Å². The van der Waals surface area contributed by atoms with Crippen LogP contribution in [-0.4, -0.2) is 36.6 Å². The number of aryl methyl sites for hydroxylation is 1. The normalized spacial score (nSPS) is 14.0. The van der Waals surface area contributed by atoms with Crippen LogP contribution in [0.2, 0.25) is 0 Å². The third-order valence-corrected chi connectivity index (χ3v) is 6.66. The smallest absolute Gasteiger partial charge is 0.238 e. The maximum Gasteiger partial charge on any atom is 0.238 e. The van der Waals surface area contributed by atoms with Gasteiger partial charge in [-0.15, -0.1) is 0 Å². The summed E-state index contributed by atoms with van der Waals surface area (Å²) in [6, 6.07) is 16.1. The van der Waals surface area contributed by atoms with Crippen molar-refractivity contribution in [2.45, 2.75) is 25.5 Å². The van der Waals surface area contributed by atoms with Gasteiger partial charge in [-0.3, -0.25) is 4.72 Å². The molecule has 0 spiro atoms. The first kappa shape index (κ1) is 21.2. The number of nitrogens with zero attached hydrogens (tertiary/aromatic N) is 4. The SMILES string of the molecule is Cc1nc(Nc2ccc(NS(=O)(=O)Cc3noc4ccccc34)cc2)cc(N2CCCC2)n1. The molecule has 0 amide bonds. The van der Waals surface area contributed by atoms with Crippen LogP contribution in [-0.2, 0) is 15.8 Å². The van der Waals surface area contributed by atoms with Gasteiger partial charge < -0.3 is 14.7 Å². The Bertz CT molecular complexity index is 1380. The fraction of sp³-hybridized carbons (Fsp3) is 0.261. The van der Waals surface area contributed by atoms with Crippen LogP contribution in [0.4, 0.5) is 23.0 Å². The number of benzene rings is 2. The summed E-state index contributed by atoms with van der Waals surface area (Å²) in [5.74, 6) is 2.05. The van der Waals surface area contributed by atoms with Crippen molar-refractivity contribution in [2.24, 2.45) is 0 Å². The lowest BCUT2D eigenvalue weighted by Crippen LogP contribution is -2.19. The minimum absolute atomic E-state index is 0.274. The Balaban J connectivity index is 1.27. The lowest BCUT2D eigenvalue weighted by Gasteiger charge is -2.18. The Morgan fingerprint density at radius 1 is 1.00 bits per heavy atom. The highest BCUT2D eigenvalue weighted by atomic mass is 32.2. The molecule has 1 aliphatic rings. The minimum atomic E-state index is -3.66. The van der Waals surface area contributed by atoms with E-state index >= 15 is 0 Å². The number of para-hydroxylation sites is 1. The van der Waals surface area contributed by atoms with Crippen molar-refractivity contribution in [2.75, 3.05) is 28.0 Å². The predicted molar refractivity (Wildman–Crippen MR) is 128 cm³/mol. The average molecular weight is 465 g/mol. The largest absolute Gasteiger partial charge is 0.356 e. The van der Waals surface area contributed by atoms with E-state index in [-0.39, 0.29) is 5.75 Å². The second-order valence-electron chi connectivity index (χ2n) is 8.04. The van der Waals surface area contributed by atoms with Crippen molar-refractivity contribution in [3.05, 3.63) is 66.1 Å². The zero-order valence-electron chi connectivity index (χ0n) is 18.2. The molecule has 1 aliphatic heterocycles. The van der Waals surface area contributed by atoms with Crippen molar-refractivity contribution >= 4 is 44.0 Å². The summed E-state index contributed by atoms with van der Waals surface area (Å²) >= 11 is 0. The third-order valence-electron chi connectivity index (χ3n) is 5.46. The molecular weight excluding hydrogens is 440 g/mol. The minimum Gasteiger partial charge on any atom is -0.356 e. The first-order valence-electron chi connectivity index (χ1n) is 10.8. The molecule has 9 nitrogen and oxygen atoms in total. The van der Waals surface area contributed by atoms with Crippen LogP contribution in [0.1, 0.15) is 24.4 Å². The molecule has 0 saturated carbocycles. The van der Waals surface area contributed by atoms with Gasteiger partial charge in [-0.2, -0.15) is 0 Å². The van der Waals surface area contributed by atoms with Crippen LogP contribution in [0.5, 0.6) is 0 Å². The monoisotopic (exact) mass is 464 g/mol.